The van der Waals surface area contributed by atoms with Crippen molar-refractivity contribution in [2.24, 2.45) is 0 Å². The quantitative estimate of drug-likeness (QED) is 0.755. The van der Waals surface area contributed by atoms with Gasteiger partial charge in [-0.05, 0) is 30.3 Å². The summed E-state index contributed by atoms with van der Waals surface area (Å²) < 4.78 is 12.2. The van der Waals surface area contributed by atoms with Crippen molar-refractivity contribution in [3.63, 3.8) is 0 Å². The summed E-state index contributed by atoms with van der Waals surface area (Å²) in [5, 5.41) is 1.21. The fourth-order valence-electron chi connectivity index (χ4n) is 1.59. The summed E-state index contributed by atoms with van der Waals surface area (Å²) in [5.41, 5.74) is 0.420. The average molecular weight is 348 g/mol. The molecule has 0 amide bonds. The van der Waals surface area contributed by atoms with Crippen LogP contribution in [0.4, 0.5) is 0 Å². The summed E-state index contributed by atoms with van der Waals surface area (Å²) >= 11 is 17.6. The maximum atomic E-state index is 12.2. The highest BCUT2D eigenvalue weighted by Crippen LogP contribution is 2.24. The highest BCUT2D eigenvalue weighted by Gasteiger charge is 2.15. The number of halogens is 3. The van der Waals surface area contributed by atoms with Gasteiger partial charge in [-0.25, -0.2) is 0 Å². The molecule has 0 aromatic heterocycles. The number of Topliss-reactive ketones (excluding diaryl/α,β-unsaturated/α-hetero) is 1. The van der Waals surface area contributed by atoms with Gasteiger partial charge in [-0.3, -0.25) is 9.00 Å². The summed E-state index contributed by atoms with van der Waals surface area (Å²) in [4.78, 5) is 12.4. The Labute approximate surface area is 134 Å². The van der Waals surface area contributed by atoms with Gasteiger partial charge >= 0.3 is 0 Å². The number of ketones is 1. The zero-order chi connectivity index (χ0) is 14.7. The van der Waals surface area contributed by atoms with Crippen LogP contribution >= 0.6 is 34.8 Å². The largest absolute Gasteiger partial charge is 0.293 e. The molecule has 0 aliphatic rings. The Bertz CT molecular complexity index is 686. The van der Waals surface area contributed by atoms with Crippen LogP contribution in [0, 0.1) is 0 Å². The Balaban J connectivity index is 2.19. The van der Waals surface area contributed by atoms with Gasteiger partial charge in [0.25, 0.3) is 0 Å². The molecule has 2 rings (SSSR count). The lowest BCUT2D eigenvalue weighted by Gasteiger charge is -2.05. The summed E-state index contributed by atoms with van der Waals surface area (Å²) in [7, 11) is -1.55. The van der Waals surface area contributed by atoms with Gasteiger partial charge in [0.2, 0.25) is 0 Å². The van der Waals surface area contributed by atoms with Crippen molar-refractivity contribution in [2.75, 3.05) is 5.75 Å². The monoisotopic (exact) mass is 346 g/mol. The van der Waals surface area contributed by atoms with Gasteiger partial charge in [-0.1, -0.05) is 46.9 Å². The van der Waals surface area contributed by atoms with Crippen LogP contribution in [0.15, 0.2) is 47.4 Å². The van der Waals surface area contributed by atoms with Crippen molar-refractivity contribution >= 4 is 51.4 Å². The second-order valence-corrected chi connectivity index (χ2v) is 6.70. The molecule has 0 spiro atoms. The van der Waals surface area contributed by atoms with E-state index >= 15 is 0 Å². The van der Waals surface area contributed by atoms with Gasteiger partial charge in [0.1, 0.15) is 0 Å². The first kappa shape index (κ1) is 15.5. The summed E-state index contributed by atoms with van der Waals surface area (Å²) in [6.45, 7) is 0. The van der Waals surface area contributed by atoms with Crippen molar-refractivity contribution < 1.29 is 9.00 Å². The molecule has 2 aromatic rings. The van der Waals surface area contributed by atoms with Crippen LogP contribution in [0.3, 0.4) is 0 Å². The number of benzene rings is 2. The Morgan fingerprint density at radius 2 is 1.70 bits per heavy atom. The van der Waals surface area contributed by atoms with Crippen molar-refractivity contribution in [2.45, 2.75) is 4.90 Å². The number of carbonyl (C=O) groups excluding carboxylic acids is 1. The Hall–Kier alpha value is -0.870. The zero-order valence-electron chi connectivity index (χ0n) is 10.1. The van der Waals surface area contributed by atoms with E-state index in [2.05, 4.69) is 0 Å². The number of rotatable bonds is 4. The first-order valence-electron chi connectivity index (χ1n) is 5.59. The molecule has 0 aliphatic carbocycles. The average Bonchev–Trinajstić information content (AvgIpc) is 2.41. The third-order valence-electron chi connectivity index (χ3n) is 2.55. The van der Waals surface area contributed by atoms with E-state index in [4.69, 9.17) is 34.8 Å². The molecule has 0 radical (unpaired) electrons. The van der Waals surface area contributed by atoms with Gasteiger partial charge in [0.05, 0.1) is 26.5 Å². The van der Waals surface area contributed by atoms with Crippen molar-refractivity contribution in [1.29, 1.82) is 0 Å². The van der Waals surface area contributed by atoms with Crippen LogP contribution < -0.4 is 0 Å². The zero-order valence-corrected chi connectivity index (χ0v) is 13.2. The van der Waals surface area contributed by atoms with Crippen LogP contribution in [0.25, 0.3) is 0 Å². The Kier molecular flexibility index (Phi) is 5.22. The van der Waals surface area contributed by atoms with Crippen molar-refractivity contribution in [3.8, 4) is 0 Å². The molecule has 2 aromatic carbocycles. The van der Waals surface area contributed by atoms with E-state index < -0.39 is 10.8 Å². The molecule has 0 fully saturated rings. The predicted octanol–water partition coefficient (Wildman–Crippen LogP) is 4.64. The molecule has 0 saturated carbocycles. The standard InChI is InChI=1S/C14H9Cl3O2S/c15-10-3-1-2-9(6-10)13(18)8-20(19)14-7-11(16)4-5-12(14)17/h1-7H,8H2. The van der Waals surface area contributed by atoms with Crippen molar-refractivity contribution in [1.82, 2.24) is 0 Å². The van der Waals surface area contributed by atoms with Gasteiger partial charge in [0, 0.05) is 15.6 Å². The van der Waals surface area contributed by atoms with E-state index in [0.717, 1.165) is 0 Å². The third-order valence-corrected chi connectivity index (χ3v) is 4.81. The lowest BCUT2D eigenvalue weighted by atomic mass is 10.1. The summed E-state index contributed by atoms with van der Waals surface area (Å²) in [6, 6.07) is 11.2. The molecule has 2 nitrogen and oxygen atoms in total. The van der Waals surface area contributed by atoms with E-state index in [1.807, 2.05) is 0 Å². The van der Waals surface area contributed by atoms with Gasteiger partial charge in [-0.15, -0.1) is 0 Å². The van der Waals surface area contributed by atoms with Crippen molar-refractivity contribution in [3.05, 3.63) is 63.1 Å². The van der Waals surface area contributed by atoms with Crippen LogP contribution in [-0.4, -0.2) is 15.7 Å². The SMILES string of the molecule is O=C(CS(=O)c1cc(Cl)ccc1Cl)c1cccc(Cl)c1. The second kappa shape index (κ2) is 6.72. The minimum absolute atomic E-state index is 0.166. The molecular weight excluding hydrogens is 339 g/mol. The molecule has 1 atom stereocenters. The normalized spacial score (nSPS) is 12.2. The van der Waals surface area contributed by atoms with E-state index in [1.54, 1.807) is 36.4 Å². The van der Waals surface area contributed by atoms with Crippen LogP contribution in [-0.2, 0) is 10.8 Å². The molecule has 0 bridgehead atoms. The molecule has 104 valence electrons. The summed E-state index contributed by atoms with van der Waals surface area (Å²) in [5.74, 6) is -0.428. The predicted molar refractivity (Wildman–Crippen MR) is 83.5 cm³/mol. The maximum Gasteiger partial charge on any atom is 0.175 e. The van der Waals surface area contributed by atoms with E-state index in [0.29, 0.717) is 25.5 Å². The number of hydrogen-bond acceptors (Lipinski definition) is 2. The Morgan fingerprint density at radius 1 is 1.00 bits per heavy atom. The second-order valence-electron chi connectivity index (χ2n) is 4.00. The molecular formula is C14H9Cl3O2S. The van der Waals surface area contributed by atoms with Gasteiger partial charge < -0.3 is 0 Å². The molecule has 0 heterocycles. The Morgan fingerprint density at radius 3 is 2.40 bits per heavy atom. The maximum absolute atomic E-state index is 12.2. The van der Waals surface area contributed by atoms with E-state index in [9.17, 15) is 9.00 Å². The topological polar surface area (TPSA) is 34.1 Å². The summed E-state index contributed by atoms with van der Waals surface area (Å²) in [6.07, 6.45) is 0. The highest BCUT2D eigenvalue weighted by molar-refractivity contribution is 7.86. The number of hydrogen-bond donors (Lipinski definition) is 0. The minimum atomic E-state index is -1.55. The fraction of sp³-hybridized carbons (Fsp3) is 0.0714. The van der Waals surface area contributed by atoms with Crippen LogP contribution in [0.5, 0.6) is 0 Å². The van der Waals surface area contributed by atoms with Gasteiger partial charge in [0.15, 0.2) is 5.78 Å². The first-order chi connectivity index (χ1) is 9.47. The van der Waals surface area contributed by atoms with E-state index in [1.165, 1.54) is 6.07 Å². The van der Waals surface area contributed by atoms with Crippen LogP contribution in [0.1, 0.15) is 10.4 Å². The molecule has 0 saturated heterocycles. The molecule has 0 aliphatic heterocycles. The molecule has 6 heteroatoms. The lowest BCUT2D eigenvalue weighted by Crippen LogP contribution is -2.11. The van der Waals surface area contributed by atoms with Gasteiger partial charge in [-0.2, -0.15) is 0 Å². The highest BCUT2D eigenvalue weighted by atomic mass is 35.5. The smallest absolute Gasteiger partial charge is 0.175 e. The molecule has 20 heavy (non-hydrogen) atoms. The number of carbonyl (C=O) groups is 1. The first-order valence-corrected chi connectivity index (χ1v) is 8.05. The molecule has 0 N–H and O–H groups in total. The lowest BCUT2D eigenvalue weighted by molar-refractivity contribution is 0.102. The molecule has 1 unspecified atom stereocenters. The minimum Gasteiger partial charge on any atom is -0.293 e. The third kappa shape index (κ3) is 3.83. The fourth-order valence-corrected chi connectivity index (χ4v) is 3.50. The van der Waals surface area contributed by atoms with Crippen LogP contribution in [0.2, 0.25) is 15.1 Å². The van der Waals surface area contributed by atoms with E-state index in [-0.39, 0.29) is 11.5 Å².